The second kappa shape index (κ2) is 4.00. The first-order valence-electron chi connectivity index (χ1n) is 3.53. The molecule has 1 rings (SSSR count). The van der Waals surface area contributed by atoms with Crippen molar-refractivity contribution >= 4 is 29.6 Å². The predicted octanol–water partition coefficient (Wildman–Crippen LogP) is 0.865. The largest absolute Gasteiger partial charge is 0.397 e. The summed E-state index contributed by atoms with van der Waals surface area (Å²) in [6.07, 6.45) is 0. The van der Waals surface area contributed by atoms with E-state index >= 15 is 0 Å². The number of nitrogens with one attached hydrogen (secondary N) is 1. The Kier molecular flexibility index (Phi) is 3.56. The van der Waals surface area contributed by atoms with Crippen LogP contribution in [0, 0.1) is 12.3 Å². The van der Waals surface area contributed by atoms with Crippen LogP contribution in [-0.2, 0) is 0 Å². The molecule has 1 aromatic rings. The van der Waals surface area contributed by atoms with Gasteiger partial charge in [-0.3, -0.25) is 5.41 Å². The lowest BCUT2D eigenvalue weighted by Crippen LogP contribution is -2.16. The zero-order chi connectivity index (χ0) is 9.30. The van der Waals surface area contributed by atoms with Crippen LogP contribution in [0.1, 0.15) is 11.1 Å². The Bertz CT molecular complexity index is 335. The minimum absolute atomic E-state index is 0. The van der Waals surface area contributed by atoms with Gasteiger partial charge in [-0.15, -0.1) is 12.4 Å². The number of benzene rings is 1. The van der Waals surface area contributed by atoms with E-state index in [1.165, 1.54) is 0 Å². The maximum absolute atomic E-state index is 7.26. The molecule has 0 unspecified atom stereocenters. The molecule has 0 aliphatic heterocycles. The van der Waals surface area contributed by atoms with Crippen LogP contribution in [0.3, 0.4) is 0 Å². The van der Waals surface area contributed by atoms with Crippen LogP contribution in [0.25, 0.3) is 0 Å². The lowest BCUT2D eigenvalue weighted by Gasteiger charge is -2.09. The van der Waals surface area contributed by atoms with Crippen molar-refractivity contribution in [3.63, 3.8) is 0 Å². The summed E-state index contributed by atoms with van der Waals surface area (Å²) in [5.41, 5.74) is 18.8. The molecular formula is C8H13ClN4. The molecule has 5 heteroatoms. The van der Waals surface area contributed by atoms with E-state index in [0.29, 0.717) is 16.9 Å². The monoisotopic (exact) mass is 200 g/mol. The number of hydrogen-bond donors (Lipinski definition) is 4. The predicted molar refractivity (Wildman–Crippen MR) is 58.3 cm³/mol. The molecule has 13 heavy (non-hydrogen) atoms. The molecule has 0 saturated heterocycles. The zero-order valence-corrected chi connectivity index (χ0v) is 8.11. The van der Waals surface area contributed by atoms with Gasteiger partial charge in [0, 0.05) is 5.56 Å². The Labute approximate surface area is 83.0 Å². The lowest BCUT2D eigenvalue weighted by atomic mass is 10.0. The molecule has 0 saturated carbocycles. The minimum Gasteiger partial charge on any atom is -0.397 e. The molecule has 0 atom stereocenters. The fourth-order valence-electron chi connectivity index (χ4n) is 1.10. The molecule has 0 amide bonds. The number of nitrogens with two attached hydrogens (primary N) is 3. The Morgan fingerprint density at radius 3 is 2.23 bits per heavy atom. The van der Waals surface area contributed by atoms with E-state index < -0.39 is 0 Å². The van der Waals surface area contributed by atoms with Crippen LogP contribution >= 0.6 is 12.4 Å². The molecule has 0 heterocycles. The summed E-state index contributed by atoms with van der Waals surface area (Å²) in [6.45, 7) is 1.84. The van der Waals surface area contributed by atoms with Crippen LogP contribution in [0.4, 0.5) is 11.4 Å². The van der Waals surface area contributed by atoms with Crippen LogP contribution in [0.5, 0.6) is 0 Å². The number of aryl methyl sites for hydroxylation is 1. The van der Waals surface area contributed by atoms with Crippen molar-refractivity contribution in [2.24, 2.45) is 5.73 Å². The third-order valence-electron chi connectivity index (χ3n) is 1.76. The smallest absolute Gasteiger partial charge is 0.125 e. The highest BCUT2D eigenvalue weighted by atomic mass is 35.5. The van der Waals surface area contributed by atoms with Gasteiger partial charge in [0.1, 0.15) is 5.84 Å². The Balaban J connectivity index is 0.00000144. The highest BCUT2D eigenvalue weighted by Crippen LogP contribution is 2.22. The van der Waals surface area contributed by atoms with E-state index in [-0.39, 0.29) is 18.2 Å². The average molecular weight is 201 g/mol. The van der Waals surface area contributed by atoms with Gasteiger partial charge >= 0.3 is 0 Å². The summed E-state index contributed by atoms with van der Waals surface area (Å²) in [5, 5.41) is 7.26. The molecule has 7 N–H and O–H groups in total. The fourth-order valence-corrected chi connectivity index (χ4v) is 1.10. The van der Waals surface area contributed by atoms with E-state index in [2.05, 4.69) is 0 Å². The second-order valence-electron chi connectivity index (χ2n) is 2.67. The van der Waals surface area contributed by atoms with E-state index in [9.17, 15) is 0 Å². The topological polar surface area (TPSA) is 102 Å². The number of anilines is 2. The molecule has 0 aliphatic rings. The quantitative estimate of drug-likeness (QED) is 0.307. The van der Waals surface area contributed by atoms with Crippen molar-refractivity contribution in [1.29, 1.82) is 5.41 Å². The van der Waals surface area contributed by atoms with Crippen molar-refractivity contribution in [2.75, 3.05) is 11.5 Å². The molecule has 4 nitrogen and oxygen atoms in total. The summed E-state index contributed by atoms with van der Waals surface area (Å²) in [4.78, 5) is 0. The third-order valence-corrected chi connectivity index (χ3v) is 1.76. The first kappa shape index (κ1) is 11.6. The highest BCUT2D eigenvalue weighted by molar-refractivity contribution is 6.03. The van der Waals surface area contributed by atoms with E-state index in [1.807, 2.05) is 6.92 Å². The van der Waals surface area contributed by atoms with Crippen LogP contribution < -0.4 is 17.2 Å². The number of nitrogen functional groups attached to an aromatic ring is 3. The number of halogens is 1. The molecular weight excluding hydrogens is 188 g/mol. The lowest BCUT2D eigenvalue weighted by molar-refractivity contribution is 1.37. The molecule has 72 valence electrons. The van der Waals surface area contributed by atoms with Gasteiger partial charge < -0.3 is 17.2 Å². The summed E-state index contributed by atoms with van der Waals surface area (Å²) in [7, 11) is 0. The molecule has 0 aromatic heterocycles. The van der Waals surface area contributed by atoms with Gasteiger partial charge in [0.15, 0.2) is 0 Å². The average Bonchev–Trinajstić information content (AvgIpc) is 1.97. The van der Waals surface area contributed by atoms with Crippen LogP contribution in [0.2, 0.25) is 0 Å². The summed E-state index contributed by atoms with van der Waals surface area (Å²) < 4.78 is 0. The molecule has 0 aliphatic carbocycles. The summed E-state index contributed by atoms with van der Waals surface area (Å²) >= 11 is 0. The number of hydrogen-bond acceptors (Lipinski definition) is 3. The Morgan fingerprint density at radius 2 is 1.85 bits per heavy atom. The van der Waals surface area contributed by atoms with Crippen LogP contribution in [0.15, 0.2) is 12.1 Å². The minimum atomic E-state index is -0.0442. The standard InChI is InChI=1S/C8H12N4.ClH/c1-4-2-3-5(9)7(10)6(4)8(11)12;/h2-3H,9-10H2,1H3,(H3,11,12);1H. The first-order valence-corrected chi connectivity index (χ1v) is 3.53. The van der Waals surface area contributed by atoms with Gasteiger partial charge in [-0.2, -0.15) is 0 Å². The van der Waals surface area contributed by atoms with Gasteiger partial charge in [-0.05, 0) is 18.6 Å². The maximum atomic E-state index is 7.26. The van der Waals surface area contributed by atoms with E-state index in [0.717, 1.165) is 5.56 Å². The number of rotatable bonds is 1. The van der Waals surface area contributed by atoms with E-state index in [4.69, 9.17) is 22.6 Å². The van der Waals surface area contributed by atoms with Crippen molar-refractivity contribution in [1.82, 2.24) is 0 Å². The number of amidine groups is 1. The van der Waals surface area contributed by atoms with Gasteiger partial charge in [0.2, 0.25) is 0 Å². The second-order valence-corrected chi connectivity index (χ2v) is 2.67. The van der Waals surface area contributed by atoms with Crippen molar-refractivity contribution in [3.8, 4) is 0 Å². The zero-order valence-electron chi connectivity index (χ0n) is 7.29. The van der Waals surface area contributed by atoms with Gasteiger partial charge in [-0.25, -0.2) is 0 Å². The Morgan fingerprint density at radius 1 is 1.31 bits per heavy atom. The van der Waals surface area contributed by atoms with Crippen LogP contribution in [-0.4, -0.2) is 5.84 Å². The molecule has 0 fully saturated rings. The summed E-state index contributed by atoms with van der Waals surface area (Å²) in [5.74, 6) is -0.0442. The normalized spacial score (nSPS) is 9.00. The van der Waals surface area contributed by atoms with Crippen molar-refractivity contribution in [2.45, 2.75) is 6.92 Å². The van der Waals surface area contributed by atoms with E-state index in [1.54, 1.807) is 12.1 Å². The summed E-state index contributed by atoms with van der Waals surface area (Å²) in [6, 6.07) is 3.50. The molecule has 1 aromatic carbocycles. The molecule has 0 radical (unpaired) electrons. The maximum Gasteiger partial charge on any atom is 0.125 e. The third kappa shape index (κ3) is 2.03. The first-order chi connectivity index (χ1) is 5.54. The van der Waals surface area contributed by atoms with Gasteiger partial charge in [0.25, 0.3) is 0 Å². The van der Waals surface area contributed by atoms with Gasteiger partial charge in [0.05, 0.1) is 11.4 Å². The van der Waals surface area contributed by atoms with Crippen molar-refractivity contribution < 1.29 is 0 Å². The van der Waals surface area contributed by atoms with Gasteiger partial charge in [-0.1, -0.05) is 6.07 Å². The molecule has 0 spiro atoms. The van der Waals surface area contributed by atoms with Crippen molar-refractivity contribution in [3.05, 3.63) is 23.3 Å². The molecule has 0 bridgehead atoms. The fraction of sp³-hybridized carbons (Fsp3) is 0.125. The SMILES string of the molecule is Cc1ccc(N)c(N)c1C(=N)N.Cl. The Hall–Kier alpha value is -1.42. The highest BCUT2D eigenvalue weighted by Gasteiger charge is 2.08.